The molecule has 2 saturated heterocycles. The zero-order valence-corrected chi connectivity index (χ0v) is 11.7. The van der Waals surface area contributed by atoms with E-state index in [9.17, 15) is 5.11 Å². The molecule has 3 fully saturated rings. The van der Waals surface area contributed by atoms with E-state index in [0.29, 0.717) is 0 Å². The van der Waals surface area contributed by atoms with Crippen molar-refractivity contribution in [2.24, 2.45) is 5.92 Å². The molecule has 0 radical (unpaired) electrons. The highest BCUT2D eigenvalue weighted by molar-refractivity contribution is 8.00. The van der Waals surface area contributed by atoms with Crippen molar-refractivity contribution in [3.63, 3.8) is 0 Å². The number of aliphatic hydroxyl groups is 1. The Hall–Kier alpha value is 0.310. The number of fused-ring (bicyclic) bond motifs is 2. The largest absolute Gasteiger partial charge is 0.390 e. The molecule has 0 aromatic heterocycles. The van der Waals surface area contributed by atoms with Crippen molar-refractivity contribution in [1.82, 2.24) is 0 Å². The number of hydrogen-bond acceptors (Lipinski definition) is 2. The van der Waals surface area contributed by atoms with Gasteiger partial charge in [-0.2, -0.15) is 11.8 Å². The van der Waals surface area contributed by atoms with Crippen LogP contribution in [0.1, 0.15) is 70.6 Å². The molecule has 2 atom stereocenters. The van der Waals surface area contributed by atoms with E-state index in [-0.39, 0.29) is 5.60 Å². The lowest BCUT2D eigenvalue weighted by atomic mass is 9.75. The maximum atomic E-state index is 10.9. The minimum absolute atomic E-state index is 0.289. The molecular weight excluding hydrogens is 228 g/mol. The molecule has 0 amide bonds. The molecule has 98 valence electrons. The summed E-state index contributed by atoms with van der Waals surface area (Å²) in [5.41, 5.74) is -0.289. The molecule has 0 aromatic carbocycles. The molecule has 3 rings (SSSR count). The Kier molecular flexibility index (Phi) is 3.72. The van der Waals surface area contributed by atoms with Crippen LogP contribution >= 0.6 is 11.8 Å². The van der Waals surface area contributed by atoms with E-state index < -0.39 is 0 Å². The van der Waals surface area contributed by atoms with Crippen LogP contribution in [0.25, 0.3) is 0 Å². The Labute approximate surface area is 110 Å². The van der Waals surface area contributed by atoms with Crippen LogP contribution in [0.5, 0.6) is 0 Å². The predicted octanol–water partition coefficient (Wildman–Crippen LogP) is 4.14. The lowest BCUT2D eigenvalue weighted by Crippen LogP contribution is -2.44. The Morgan fingerprint density at radius 1 is 0.882 bits per heavy atom. The van der Waals surface area contributed by atoms with Gasteiger partial charge in [0.1, 0.15) is 0 Å². The van der Waals surface area contributed by atoms with Crippen LogP contribution in [0.4, 0.5) is 0 Å². The molecule has 3 aliphatic rings. The molecule has 1 nitrogen and oxygen atoms in total. The first-order valence-corrected chi connectivity index (χ1v) is 8.56. The SMILES string of the molecule is OC1(CC2CCCCC2)CC2CCCC(C1)S2. The highest BCUT2D eigenvalue weighted by Gasteiger charge is 2.42. The van der Waals surface area contributed by atoms with Crippen LogP contribution in [0.15, 0.2) is 0 Å². The van der Waals surface area contributed by atoms with Crippen molar-refractivity contribution in [2.75, 3.05) is 0 Å². The van der Waals surface area contributed by atoms with E-state index in [4.69, 9.17) is 0 Å². The normalized spacial score (nSPS) is 43.6. The maximum absolute atomic E-state index is 10.9. The molecule has 1 aliphatic carbocycles. The molecule has 2 heterocycles. The summed E-state index contributed by atoms with van der Waals surface area (Å²) in [5, 5.41) is 12.5. The van der Waals surface area contributed by atoms with Crippen LogP contribution in [0.3, 0.4) is 0 Å². The zero-order chi connectivity index (χ0) is 11.7. The summed E-state index contributed by atoms with van der Waals surface area (Å²) in [7, 11) is 0. The fourth-order valence-electron chi connectivity index (χ4n) is 4.31. The number of rotatable bonds is 2. The molecule has 2 heteroatoms. The fraction of sp³-hybridized carbons (Fsp3) is 1.00. The van der Waals surface area contributed by atoms with Crippen LogP contribution < -0.4 is 0 Å². The Morgan fingerprint density at radius 3 is 2.18 bits per heavy atom. The standard InChI is InChI=1S/C15H26OS/c16-15(9-12-5-2-1-3-6-12)10-13-7-4-8-14(11-15)17-13/h12-14,16H,1-11H2. The van der Waals surface area contributed by atoms with Crippen molar-refractivity contribution in [3.05, 3.63) is 0 Å². The average Bonchev–Trinajstić information content (AvgIpc) is 2.28. The van der Waals surface area contributed by atoms with Gasteiger partial charge >= 0.3 is 0 Å². The summed E-state index contributed by atoms with van der Waals surface area (Å²) in [5.74, 6) is 0.831. The Balaban J connectivity index is 1.60. The van der Waals surface area contributed by atoms with Crippen LogP contribution in [0.2, 0.25) is 0 Å². The van der Waals surface area contributed by atoms with Crippen molar-refractivity contribution >= 4 is 11.8 Å². The van der Waals surface area contributed by atoms with E-state index in [2.05, 4.69) is 11.8 Å². The van der Waals surface area contributed by atoms with E-state index in [0.717, 1.165) is 35.7 Å². The van der Waals surface area contributed by atoms with Gasteiger partial charge in [0, 0.05) is 10.5 Å². The van der Waals surface area contributed by atoms with Crippen molar-refractivity contribution < 1.29 is 5.11 Å². The predicted molar refractivity (Wildman–Crippen MR) is 74.4 cm³/mol. The molecule has 17 heavy (non-hydrogen) atoms. The lowest BCUT2D eigenvalue weighted by molar-refractivity contribution is -0.0141. The van der Waals surface area contributed by atoms with Crippen molar-refractivity contribution in [2.45, 2.75) is 86.7 Å². The van der Waals surface area contributed by atoms with Crippen LogP contribution in [-0.2, 0) is 0 Å². The maximum Gasteiger partial charge on any atom is 0.0671 e. The van der Waals surface area contributed by atoms with Gasteiger partial charge in [0.15, 0.2) is 0 Å². The monoisotopic (exact) mass is 254 g/mol. The second kappa shape index (κ2) is 5.13. The molecule has 2 bridgehead atoms. The summed E-state index contributed by atoms with van der Waals surface area (Å²) in [4.78, 5) is 0. The molecular formula is C15H26OS. The first kappa shape index (κ1) is 12.3. The van der Waals surface area contributed by atoms with Gasteiger partial charge in [-0.25, -0.2) is 0 Å². The van der Waals surface area contributed by atoms with Crippen molar-refractivity contribution in [1.29, 1.82) is 0 Å². The third-order valence-electron chi connectivity index (χ3n) is 5.05. The minimum Gasteiger partial charge on any atom is -0.390 e. The van der Waals surface area contributed by atoms with E-state index in [1.165, 1.54) is 51.4 Å². The van der Waals surface area contributed by atoms with Gasteiger partial charge in [-0.3, -0.25) is 0 Å². The van der Waals surface area contributed by atoms with E-state index in [1.807, 2.05) is 0 Å². The van der Waals surface area contributed by atoms with Gasteiger partial charge in [-0.15, -0.1) is 0 Å². The van der Waals surface area contributed by atoms with Gasteiger partial charge < -0.3 is 5.11 Å². The molecule has 2 unspecified atom stereocenters. The fourth-order valence-corrected chi connectivity index (χ4v) is 6.27. The van der Waals surface area contributed by atoms with Crippen LogP contribution in [-0.4, -0.2) is 21.2 Å². The summed E-state index contributed by atoms with van der Waals surface area (Å²) in [6, 6.07) is 0. The van der Waals surface area contributed by atoms with E-state index >= 15 is 0 Å². The summed E-state index contributed by atoms with van der Waals surface area (Å²) >= 11 is 2.18. The quantitative estimate of drug-likeness (QED) is 0.799. The third-order valence-corrected chi connectivity index (χ3v) is 6.62. The molecule has 1 saturated carbocycles. The van der Waals surface area contributed by atoms with Gasteiger partial charge in [0.05, 0.1) is 5.60 Å². The van der Waals surface area contributed by atoms with Gasteiger partial charge in [-0.05, 0) is 38.0 Å². The first-order valence-electron chi connectivity index (χ1n) is 7.61. The lowest BCUT2D eigenvalue weighted by Gasteiger charge is -2.45. The molecule has 2 aliphatic heterocycles. The van der Waals surface area contributed by atoms with Gasteiger partial charge in [0.2, 0.25) is 0 Å². The van der Waals surface area contributed by atoms with Crippen molar-refractivity contribution in [3.8, 4) is 0 Å². The third kappa shape index (κ3) is 3.01. The number of hydrogen-bond donors (Lipinski definition) is 1. The van der Waals surface area contributed by atoms with Gasteiger partial charge in [0.25, 0.3) is 0 Å². The Morgan fingerprint density at radius 2 is 1.53 bits per heavy atom. The smallest absolute Gasteiger partial charge is 0.0671 e. The number of thioether (sulfide) groups is 1. The minimum atomic E-state index is -0.289. The summed E-state index contributed by atoms with van der Waals surface area (Å²) in [6.45, 7) is 0. The van der Waals surface area contributed by atoms with Crippen LogP contribution in [0, 0.1) is 5.92 Å². The first-order chi connectivity index (χ1) is 8.23. The molecule has 0 aromatic rings. The zero-order valence-electron chi connectivity index (χ0n) is 10.9. The Bertz CT molecular complexity index is 248. The second-order valence-corrected chi connectivity index (χ2v) is 8.26. The molecule has 0 spiro atoms. The van der Waals surface area contributed by atoms with E-state index in [1.54, 1.807) is 0 Å². The topological polar surface area (TPSA) is 20.2 Å². The van der Waals surface area contributed by atoms with Gasteiger partial charge in [-0.1, -0.05) is 38.5 Å². The highest BCUT2D eigenvalue weighted by atomic mass is 32.2. The average molecular weight is 254 g/mol. The highest BCUT2D eigenvalue weighted by Crippen LogP contribution is 2.48. The second-order valence-electron chi connectivity index (χ2n) is 6.65. The summed E-state index contributed by atoms with van der Waals surface area (Å²) < 4.78 is 0. The molecule has 1 N–H and O–H groups in total. The summed E-state index contributed by atoms with van der Waals surface area (Å²) in [6.07, 6.45) is 14.4.